The molecule has 0 unspecified atom stereocenters. The third kappa shape index (κ3) is 4.96. The van der Waals surface area contributed by atoms with Crippen molar-refractivity contribution in [2.45, 2.75) is 6.54 Å². The summed E-state index contributed by atoms with van der Waals surface area (Å²) in [5, 5.41) is 13.9. The minimum atomic E-state index is -0.465. The molecule has 1 heterocycles. The third-order valence-corrected chi connectivity index (χ3v) is 5.02. The quantitative estimate of drug-likeness (QED) is 0.312. The van der Waals surface area contributed by atoms with Crippen LogP contribution in [0, 0.1) is 0 Å². The molecule has 2 amide bonds. The van der Waals surface area contributed by atoms with E-state index in [0.29, 0.717) is 28.4 Å². The van der Waals surface area contributed by atoms with Crippen molar-refractivity contribution in [3.05, 3.63) is 89.6 Å². The van der Waals surface area contributed by atoms with Crippen LogP contribution < -0.4 is 26.8 Å². The van der Waals surface area contributed by atoms with Gasteiger partial charge in [-0.15, -0.1) is 15.0 Å². The van der Waals surface area contributed by atoms with E-state index < -0.39 is 5.91 Å². The Labute approximate surface area is 195 Å². The summed E-state index contributed by atoms with van der Waals surface area (Å²) in [6.07, 6.45) is 0. The van der Waals surface area contributed by atoms with E-state index in [0.717, 1.165) is 5.56 Å². The van der Waals surface area contributed by atoms with Gasteiger partial charge in [0.2, 0.25) is 0 Å². The Balaban J connectivity index is 1.38. The highest BCUT2D eigenvalue weighted by Gasteiger charge is 2.17. The summed E-state index contributed by atoms with van der Waals surface area (Å²) in [6, 6.07) is 20.9. The van der Waals surface area contributed by atoms with Crippen LogP contribution in [0.25, 0.3) is 5.69 Å². The molecular weight excluding hydrogens is 434 g/mol. The van der Waals surface area contributed by atoms with Crippen LogP contribution in [0.4, 0.5) is 17.2 Å². The number of nitrogens with zero attached hydrogens (tertiary/aromatic N) is 3. The Morgan fingerprint density at radius 3 is 2.44 bits per heavy atom. The van der Waals surface area contributed by atoms with Crippen molar-refractivity contribution in [2.24, 2.45) is 0 Å². The largest absolute Gasteiger partial charge is 0.497 e. The molecular formula is C24H23N7O3. The number of nitrogens with one attached hydrogen (secondary N) is 2. The molecule has 0 spiro atoms. The Kier molecular flexibility index (Phi) is 6.40. The minimum absolute atomic E-state index is 0.00697. The summed E-state index contributed by atoms with van der Waals surface area (Å²) < 4.78 is 5.20. The number of methoxy groups -OCH3 is 1. The first kappa shape index (κ1) is 22.3. The van der Waals surface area contributed by atoms with Crippen molar-refractivity contribution in [2.75, 3.05) is 23.9 Å². The summed E-state index contributed by atoms with van der Waals surface area (Å²) in [5.41, 5.74) is 14.7. The number of hydrogen-bond acceptors (Lipinski definition) is 7. The van der Waals surface area contributed by atoms with Gasteiger partial charge in [0.1, 0.15) is 5.75 Å². The average molecular weight is 457 g/mol. The van der Waals surface area contributed by atoms with Crippen molar-refractivity contribution in [1.82, 2.24) is 20.3 Å². The number of anilines is 3. The number of carbonyl (C=O) groups is 2. The predicted molar refractivity (Wildman–Crippen MR) is 129 cm³/mol. The second-order valence-corrected chi connectivity index (χ2v) is 7.35. The number of rotatable bonds is 7. The average Bonchev–Trinajstić information content (AvgIpc) is 3.26. The molecule has 10 nitrogen and oxygen atoms in total. The van der Waals surface area contributed by atoms with Crippen LogP contribution in [0.5, 0.6) is 5.75 Å². The Hall–Kier alpha value is -4.86. The van der Waals surface area contributed by atoms with E-state index in [-0.39, 0.29) is 24.0 Å². The van der Waals surface area contributed by atoms with Crippen LogP contribution in [-0.2, 0) is 6.54 Å². The maximum atomic E-state index is 12.6. The summed E-state index contributed by atoms with van der Waals surface area (Å²) in [4.78, 5) is 26.3. The molecule has 0 bridgehead atoms. The van der Waals surface area contributed by atoms with Gasteiger partial charge in [0.25, 0.3) is 11.8 Å². The summed E-state index contributed by atoms with van der Waals surface area (Å²) in [5.74, 6) is -0.111. The van der Waals surface area contributed by atoms with Crippen molar-refractivity contribution in [3.63, 3.8) is 0 Å². The van der Waals surface area contributed by atoms with Gasteiger partial charge in [-0.05, 0) is 42.0 Å². The van der Waals surface area contributed by atoms with E-state index in [1.54, 1.807) is 79.9 Å². The molecule has 0 aliphatic rings. The summed E-state index contributed by atoms with van der Waals surface area (Å²) in [7, 11) is 1.56. The molecule has 3 aromatic carbocycles. The zero-order chi connectivity index (χ0) is 24.1. The zero-order valence-corrected chi connectivity index (χ0v) is 18.4. The van der Waals surface area contributed by atoms with Crippen LogP contribution in [0.1, 0.15) is 26.4 Å². The number of ether oxygens (including phenoxy) is 1. The lowest BCUT2D eigenvalue weighted by atomic mass is 10.1. The maximum Gasteiger partial charge on any atom is 0.275 e. The number of amides is 2. The van der Waals surface area contributed by atoms with Gasteiger partial charge in [0, 0.05) is 18.2 Å². The van der Waals surface area contributed by atoms with Gasteiger partial charge in [0.05, 0.1) is 24.2 Å². The molecule has 1 aromatic heterocycles. The standard InChI is InChI=1S/C24H23N7O3/c1-34-18-6-4-5-17(13-18)31-29-21(22(26)30-31)24(33)27-14-15-9-11-16(12-10-15)23(32)28-20-8-3-2-7-19(20)25/h2-13H,14,25H2,1H3,(H2,26,30)(H,27,33)(H,28,32). The van der Waals surface area contributed by atoms with Gasteiger partial charge < -0.3 is 26.8 Å². The molecule has 0 atom stereocenters. The molecule has 34 heavy (non-hydrogen) atoms. The molecule has 0 radical (unpaired) electrons. The molecule has 0 aliphatic carbocycles. The smallest absolute Gasteiger partial charge is 0.275 e. The second kappa shape index (κ2) is 9.74. The molecule has 6 N–H and O–H groups in total. The van der Waals surface area contributed by atoms with E-state index >= 15 is 0 Å². The highest BCUT2D eigenvalue weighted by Crippen LogP contribution is 2.19. The Morgan fingerprint density at radius 1 is 0.941 bits per heavy atom. The number of aromatic nitrogens is 3. The lowest BCUT2D eigenvalue weighted by Crippen LogP contribution is -2.24. The van der Waals surface area contributed by atoms with Gasteiger partial charge in [-0.3, -0.25) is 9.59 Å². The van der Waals surface area contributed by atoms with Crippen LogP contribution in [0.3, 0.4) is 0 Å². The fourth-order valence-corrected chi connectivity index (χ4v) is 3.18. The van der Waals surface area contributed by atoms with Crippen molar-refractivity contribution in [1.29, 1.82) is 0 Å². The Bertz CT molecular complexity index is 1330. The van der Waals surface area contributed by atoms with E-state index in [1.165, 1.54) is 4.80 Å². The second-order valence-electron chi connectivity index (χ2n) is 7.35. The highest BCUT2D eigenvalue weighted by atomic mass is 16.5. The molecule has 0 saturated carbocycles. The van der Waals surface area contributed by atoms with Gasteiger partial charge in [-0.2, -0.15) is 0 Å². The van der Waals surface area contributed by atoms with Gasteiger partial charge >= 0.3 is 0 Å². The summed E-state index contributed by atoms with van der Waals surface area (Å²) in [6.45, 7) is 0.220. The SMILES string of the molecule is COc1cccc(-n2nc(N)c(C(=O)NCc3ccc(C(=O)Nc4ccccc4N)cc3)n2)c1. The number of para-hydroxylation sites is 2. The van der Waals surface area contributed by atoms with E-state index in [2.05, 4.69) is 20.8 Å². The van der Waals surface area contributed by atoms with Gasteiger partial charge in [-0.1, -0.05) is 30.3 Å². The van der Waals surface area contributed by atoms with Gasteiger partial charge in [0.15, 0.2) is 11.5 Å². The fraction of sp³-hybridized carbons (Fsp3) is 0.0833. The lowest BCUT2D eigenvalue weighted by Gasteiger charge is -2.09. The van der Waals surface area contributed by atoms with Crippen molar-refractivity contribution in [3.8, 4) is 11.4 Å². The predicted octanol–water partition coefficient (Wildman–Crippen LogP) is 2.62. The number of benzene rings is 3. The fourth-order valence-electron chi connectivity index (χ4n) is 3.18. The first-order valence-electron chi connectivity index (χ1n) is 10.3. The zero-order valence-electron chi connectivity index (χ0n) is 18.4. The van der Waals surface area contributed by atoms with Crippen LogP contribution in [0.15, 0.2) is 72.8 Å². The van der Waals surface area contributed by atoms with Crippen molar-refractivity contribution < 1.29 is 14.3 Å². The number of nitrogens with two attached hydrogens (primary N) is 2. The van der Waals surface area contributed by atoms with E-state index in [9.17, 15) is 9.59 Å². The molecule has 172 valence electrons. The number of nitrogen functional groups attached to an aromatic ring is 2. The summed E-state index contributed by atoms with van der Waals surface area (Å²) >= 11 is 0. The van der Waals surface area contributed by atoms with Crippen LogP contribution >= 0.6 is 0 Å². The first-order chi connectivity index (χ1) is 16.4. The molecule has 10 heteroatoms. The van der Waals surface area contributed by atoms with Crippen LogP contribution in [-0.4, -0.2) is 33.9 Å². The lowest BCUT2D eigenvalue weighted by molar-refractivity contribution is 0.0945. The van der Waals surface area contributed by atoms with Crippen molar-refractivity contribution >= 4 is 29.0 Å². The molecule has 0 aliphatic heterocycles. The Morgan fingerprint density at radius 2 is 1.71 bits per heavy atom. The minimum Gasteiger partial charge on any atom is -0.497 e. The topological polar surface area (TPSA) is 150 Å². The number of carbonyl (C=O) groups excluding carboxylic acids is 2. The molecule has 4 rings (SSSR count). The maximum absolute atomic E-state index is 12.6. The van der Waals surface area contributed by atoms with Crippen LogP contribution in [0.2, 0.25) is 0 Å². The third-order valence-electron chi connectivity index (χ3n) is 5.02. The highest BCUT2D eigenvalue weighted by molar-refractivity contribution is 6.05. The van der Waals surface area contributed by atoms with E-state index in [1.807, 2.05) is 0 Å². The van der Waals surface area contributed by atoms with Gasteiger partial charge in [-0.25, -0.2) is 0 Å². The molecule has 0 saturated heterocycles. The number of hydrogen-bond donors (Lipinski definition) is 4. The monoisotopic (exact) mass is 457 g/mol. The molecule has 4 aromatic rings. The van der Waals surface area contributed by atoms with E-state index in [4.69, 9.17) is 16.2 Å². The first-order valence-corrected chi connectivity index (χ1v) is 10.3. The normalized spacial score (nSPS) is 10.5. The molecule has 0 fully saturated rings.